The summed E-state index contributed by atoms with van der Waals surface area (Å²) in [5, 5.41) is 10.9. The predicted octanol–water partition coefficient (Wildman–Crippen LogP) is 4.16. The van der Waals surface area contributed by atoms with Crippen molar-refractivity contribution in [2.75, 3.05) is 5.32 Å². The van der Waals surface area contributed by atoms with Crippen molar-refractivity contribution in [2.45, 2.75) is 46.6 Å². The van der Waals surface area contributed by atoms with Crippen LogP contribution in [-0.2, 0) is 6.42 Å². The van der Waals surface area contributed by atoms with Gasteiger partial charge in [0.15, 0.2) is 5.82 Å². The van der Waals surface area contributed by atoms with E-state index in [9.17, 15) is 0 Å². The van der Waals surface area contributed by atoms with E-state index in [0.29, 0.717) is 0 Å². The van der Waals surface area contributed by atoms with Crippen molar-refractivity contribution in [2.24, 2.45) is 0 Å². The molecule has 0 atom stereocenters. The smallest absolute Gasteiger partial charge is 0.151 e. The molecule has 3 nitrogen and oxygen atoms in total. The van der Waals surface area contributed by atoms with Crippen LogP contribution >= 0.6 is 0 Å². The molecule has 0 fully saturated rings. The number of rotatable bonds is 3. The number of benzene rings is 1. The van der Waals surface area contributed by atoms with Gasteiger partial charge in [0, 0.05) is 11.1 Å². The van der Waals surface area contributed by atoms with Gasteiger partial charge in [0.25, 0.3) is 0 Å². The maximum absolute atomic E-state index is 4.38. The summed E-state index contributed by atoms with van der Waals surface area (Å²) in [5.74, 6) is 0.932. The molecule has 2 N–H and O–H groups in total. The zero-order valence-corrected chi connectivity index (χ0v) is 12.5. The Morgan fingerprint density at radius 1 is 1.16 bits per heavy atom. The average molecular weight is 257 g/mol. The molecule has 1 aromatic heterocycles. The molecule has 102 valence electrons. The second-order valence-electron chi connectivity index (χ2n) is 6.00. The number of nitrogens with zero attached hydrogens (tertiary/aromatic N) is 1. The Morgan fingerprint density at radius 3 is 2.32 bits per heavy atom. The Balaban J connectivity index is 2.30. The van der Waals surface area contributed by atoms with E-state index in [1.54, 1.807) is 0 Å². The fourth-order valence-electron chi connectivity index (χ4n) is 2.06. The van der Waals surface area contributed by atoms with Crippen LogP contribution in [0.2, 0.25) is 0 Å². The van der Waals surface area contributed by atoms with E-state index in [1.165, 1.54) is 16.7 Å². The van der Waals surface area contributed by atoms with Gasteiger partial charge in [-0.2, -0.15) is 5.10 Å². The van der Waals surface area contributed by atoms with E-state index in [0.717, 1.165) is 17.9 Å². The van der Waals surface area contributed by atoms with Crippen molar-refractivity contribution in [1.82, 2.24) is 10.2 Å². The molecule has 3 heteroatoms. The van der Waals surface area contributed by atoms with E-state index < -0.39 is 0 Å². The second kappa shape index (κ2) is 5.08. The number of aromatic amines is 1. The van der Waals surface area contributed by atoms with Gasteiger partial charge in [-0.3, -0.25) is 5.10 Å². The normalized spacial score (nSPS) is 11.6. The molecular formula is C16H23N3. The van der Waals surface area contributed by atoms with Crippen LogP contribution in [-0.4, -0.2) is 15.7 Å². The van der Waals surface area contributed by atoms with E-state index in [1.807, 2.05) is 0 Å². The van der Waals surface area contributed by atoms with Gasteiger partial charge < -0.3 is 5.32 Å². The number of H-pyrrole nitrogens is 1. The molecule has 0 spiro atoms. The van der Waals surface area contributed by atoms with Gasteiger partial charge in [-0.05, 0) is 45.2 Å². The lowest BCUT2D eigenvalue weighted by atomic mass is 10.0. The third-order valence-electron chi connectivity index (χ3n) is 3.15. The highest BCUT2D eigenvalue weighted by atomic mass is 15.2. The highest BCUT2D eigenvalue weighted by Crippen LogP contribution is 2.27. The lowest BCUT2D eigenvalue weighted by Crippen LogP contribution is -2.26. The Bertz CT molecular complexity index is 544. The van der Waals surface area contributed by atoms with Gasteiger partial charge in [0.1, 0.15) is 0 Å². The molecule has 0 unspecified atom stereocenters. The minimum absolute atomic E-state index is 0.0172. The quantitative estimate of drug-likeness (QED) is 0.867. The molecule has 0 radical (unpaired) electrons. The van der Waals surface area contributed by atoms with Crippen LogP contribution in [0.1, 0.15) is 38.8 Å². The van der Waals surface area contributed by atoms with Gasteiger partial charge >= 0.3 is 0 Å². The number of aromatic nitrogens is 2. The van der Waals surface area contributed by atoms with Crippen LogP contribution in [0.4, 0.5) is 5.82 Å². The van der Waals surface area contributed by atoms with E-state index >= 15 is 0 Å². The van der Waals surface area contributed by atoms with Crippen molar-refractivity contribution in [1.29, 1.82) is 0 Å². The van der Waals surface area contributed by atoms with Gasteiger partial charge in [-0.25, -0.2) is 0 Å². The average Bonchev–Trinajstić information content (AvgIpc) is 2.69. The van der Waals surface area contributed by atoms with Crippen molar-refractivity contribution in [3.05, 3.63) is 35.4 Å². The molecule has 1 aromatic carbocycles. The van der Waals surface area contributed by atoms with Gasteiger partial charge in [-0.15, -0.1) is 0 Å². The molecule has 0 aliphatic rings. The van der Waals surface area contributed by atoms with Crippen LogP contribution in [0, 0.1) is 6.92 Å². The van der Waals surface area contributed by atoms with Crippen LogP contribution in [0.3, 0.4) is 0 Å². The number of hydrogen-bond donors (Lipinski definition) is 2. The fraction of sp³-hybridized carbons (Fsp3) is 0.438. The first-order chi connectivity index (χ1) is 8.90. The predicted molar refractivity (Wildman–Crippen MR) is 81.5 cm³/mol. The molecule has 1 heterocycles. The zero-order chi connectivity index (χ0) is 14.0. The first-order valence-corrected chi connectivity index (χ1v) is 6.83. The highest BCUT2D eigenvalue weighted by molar-refractivity contribution is 5.68. The van der Waals surface area contributed by atoms with Crippen molar-refractivity contribution >= 4 is 5.82 Å². The molecule has 2 aromatic rings. The number of anilines is 1. The monoisotopic (exact) mass is 257 g/mol. The lowest BCUT2D eigenvalue weighted by Gasteiger charge is -2.20. The number of nitrogens with one attached hydrogen (secondary N) is 2. The van der Waals surface area contributed by atoms with E-state index in [2.05, 4.69) is 74.4 Å². The summed E-state index contributed by atoms with van der Waals surface area (Å²) in [6, 6.07) is 8.65. The summed E-state index contributed by atoms with van der Waals surface area (Å²) in [6.45, 7) is 10.7. The molecule has 0 bridgehead atoms. The topological polar surface area (TPSA) is 40.7 Å². The summed E-state index contributed by atoms with van der Waals surface area (Å²) in [6.07, 6.45) is 1.07. The standard InChI is InChI=1S/C16H23N3/c1-6-12-7-9-13(10-8-12)14-11(2)15(19-18-14)17-16(3,4)5/h7-10H,6H2,1-5H3,(H2,17,18,19). The summed E-state index contributed by atoms with van der Waals surface area (Å²) in [5.41, 5.74) is 4.82. The van der Waals surface area contributed by atoms with Crippen molar-refractivity contribution < 1.29 is 0 Å². The molecule has 0 aliphatic carbocycles. The Morgan fingerprint density at radius 2 is 1.79 bits per heavy atom. The number of aryl methyl sites for hydroxylation is 1. The van der Waals surface area contributed by atoms with Gasteiger partial charge in [0.05, 0.1) is 5.69 Å². The minimum Gasteiger partial charge on any atom is -0.364 e. The van der Waals surface area contributed by atoms with E-state index in [-0.39, 0.29) is 5.54 Å². The van der Waals surface area contributed by atoms with Crippen LogP contribution in [0.15, 0.2) is 24.3 Å². The number of hydrogen-bond acceptors (Lipinski definition) is 2. The fourth-order valence-corrected chi connectivity index (χ4v) is 2.06. The SMILES string of the molecule is CCc1ccc(-c2[nH]nc(NC(C)(C)C)c2C)cc1. The van der Waals surface area contributed by atoms with Crippen molar-refractivity contribution in [3.63, 3.8) is 0 Å². The summed E-state index contributed by atoms with van der Waals surface area (Å²) in [4.78, 5) is 0. The summed E-state index contributed by atoms with van der Waals surface area (Å²) < 4.78 is 0. The Labute approximate surface area is 115 Å². The first kappa shape index (κ1) is 13.7. The maximum Gasteiger partial charge on any atom is 0.151 e. The third kappa shape index (κ3) is 3.16. The highest BCUT2D eigenvalue weighted by Gasteiger charge is 2.16. The van der Waals surface area contributed by atoms with Gasteiger partial charge in [0.2, 0.25) is 0 Å². The Hall–Kier alpha value is -1.77. The van der Waals surface area contributed by atoms with Crippen molar-refractivity contribution in [3.8, 4) is 11.3 Å². The molecule has 0 amide bonds. The minimum atomic E-state index is 0.0172. The van der Waals surface area contributed by atoms with Crippen LogP contribution < -0.4 is 5.32 Å². The molecule has 2 rings (SSSR count). The second-order valence-corrected chi connectivity index (χ2v) is 6.00. The first-order valence-electron chi connectivity index (χ1n) is 6.83. The van der Waals surface area contributed by atoms with Crippen LogP contribution in [0.25, 0.3) is 11.3 Å². The molecule has 0 saturated heterocycles. The third-order valence-corrected chi connectivity index (χ3v) is 3.15. The largest absolute Gasteiger partial charge is 0.364 e. The molecular weight excluding hydrogens is 234 g/mol. The summed E-state index contributed by atoms with van der Waals surface area (Å²) >= 11 is 0. The van der Waals surface area contributed by atoms with E-state index in [4.69, 9.17) is 0 Å². The lowest BCUT2D eigenvalue weighted by molar-refractivity contribution is 0.629. The van der Waals surface area contributed by atoms with Gasteiger partial charge in [-0.1, -0.05) is 31.2 Å². The zero-order valence-electron chi connectivity index (χ0n) is 12.5. The van der Waals surface area contributed by atoms with Crippen LogP contribution in [0.5, 0.6) is 0 Å². The molecule has 19 heavy (non-hydrogen) atoms. The molecule has 0 aliphatic heterocycles. The maximum atomic E-state index is 4.38. The summed E-state index contributed by atoms with van der Waals surface area (Å²) in [7, 11) is 0. The Kier molecular flexibility index (Phi) is 3.65. The molecule has 0 saturated carbocycles.